The Morgan fingerprint density at radius 3 is 2.32 bits per heavy atom. The molecule has 158 valence electrons. The number of aromatic nitrogens is 3. The minimum Gasteiger partial charge on any atom is -0.322 e. The van der Waals surface area contributed by atoms with Crippen LogP contribution in [0.15, 0.2) is 57.5 Å². The first-order valence-corrected chi connectivity index (χ1v) is 12.3. The summed E-state index contributed by atoms with van der Waals surface area (Å²) >= 11 is 9.11. The zero-order valence-electron chi connectivity index (χ0n) is 17.1. The first-order valence-electron chi connectivity index (χ1n) is 9.67. The van der Waals surface area contributed by atoms with Crippen molar-refractivity contribution >= 4 is 77.1 Å². The summed E-state index contributed by atoms with van der Waals surface area (Å²) in [5.74, 6) is 0.298. The van der Waals surface area contributed by atoms with E-state index < -0.39 is 0 Å². The molecular weight excluding hydrogens is 635 g/mol. The Hall–Kier alpha value is -1.78. The molecule has 0 unspecified atom stereocenters. The van der Waals surface area contributed by atoms with Gasteiger partial charge >= 0.3 is 0 Å². The molecule has 3 aromatic carbocycles. The average Bonchev–Trinajstić information content (AvgIpc) is 3.13. The van der Waals surface area contributed by atoms with Crippen LogP contribution in [-0.4, -0.2) is 20.9 Å². The van der Waals surface area contributed by atoms with Gasteiger partial charge in [-0.15, -0.1) is 10.2 Å². The van der Waals surface area contributed by atoms with Gasteiger partial charge in [0.15, 0.2) is 0 Å². The lowest BCUT2D eigenvalue weighted by Gasteiger charge is -2.11. The van der Waals surface area contributed by atoms with Crippen molar-refractivity contribution < 1.29 is 4.79 Å². The Balaban J connectivity index is 1.66. The zero-order chi connectivity index (χ0) is 22.3. The molecule has 0 radical (unpaired) electrons. The molecule has 1 amide bonds. The average molecular weight is 654 g/mol. The third-order valence-corrected chi connectivity index (χ3v) is 7.99. The van der Waals surface area contributed by atoms with E-state index in [0.29, 0.717) is 17.2 Å². The minimum atomic E-state index is -0.175. The Bertz CT molecular complexity index is 1300. The number of anilines is 1. The molecule has 1 N–H and O–H groups in total. The molecule has 1 heterocycles. The van der Waals surface area contributed by atoms with Gasteiger partial charge in [-0.1, -0.05) is 41.9 Å². The van der Waals surface area contributed by atoms with Crippen molar-refractivity contribution in [3.8, 4) is 5.69 Å². The molecule has 1 aromatic heterocycles. The summed E-state index contributed by atoms with van der Waals surface area (Å²) in [7, 11) is 0. The van der Waals surface area contributed by atoms with Gasteiger partial charge in [0.1, 0.15) is 11.0 Å². The van der Waals surface area contributed by atoms with E-state index in [1.165, 1.54) is 5.56 Å². The monoisotopic (exact) mass is 652 g/mol. The highest BCUT2D eigenvalue weighted by atomic mass is 127. The fourth-order valence-corrected chi connectivity index (χ4v) is 5.00. The summed E-state index contributed by atoms with van der Waals surface area (Å²) in [6, 6.07) is 15.8. The summed E-state index contributed by atoms with van der Waals surface area (Å²) in [6.07, 6.45) is 0. The molecule has 0 saturated carbocycles. The highest BCUT2D eigenvalue weighted by molar-refractivity contribution is 14.1. The van der Waals surface area contributed by atoms with E-state index in [1.54, 1.807) is 4.80 Å². The smallest absolute Gasteiger partial charge is 0.256 e. The van der Waals surface area contributed by atoms with E-state index in [9.17, 15) is 4.79 Å². The number of nitrogens with one attached hydrogen (secondary N) is 1. The van der Waals surface area contributed by atoms with E-state index >= 15 is 0 Å². The van der Waals surface area contributed by atoms with Gasteiger partial charge in [0.2, 0.25) is 0 Å². The van der Waals surface area contributed by atoms with Crippen LogP contribution in [0.3, 0.4) is 0 Å². The van der Waals surface area contributed by atoms with Crippen molar-refractivity contribution in [2.45, 2.75) is 26.7 Å². The Morgan fingerprint density at radius 1 is 1.03 bits per heavy atom. The van der Waals surface area contributed by atoms with Crippen molar-refractivity contribution in [3.05, 3.63) is 77.7 Å². The molecule has 4 aromatic rings. The first kappa shape index (κ1) is 22.4. The summed E-state index contributed by atoms with van der Waals surface area (Å²) < 4.78 is 2.56. The largest absolute Gasteiger partial charge is 0.322 e. The van der Waals surface area contributed by atoms with Gasteiger partial charge < -0.3 is 5.32 Å². The molecule has 31 heavy (non-hydrogen) atoms. The van der Waals surface area contributed by atoms with Crippen LogP contribution in [0.25, 0.3) is 16.7 Å². The number of hydrogen-bond acceptors (Lipinski definition) is 3. The second kappa shape index (κ2) is 8.99. The molecule has 0 aliphatic rings. The van der Waals surface area contributed by atoms with Crippen LogP contribution in [0.1, 0.15) is 41.3 Å². The number of rotatable bonds is 4. The molecule has 0 bridgehead atoms. The number of benzene rings is 3. The van der Waals surface area contributed by atoms with Gasteiger partial charge in [0, 0.05) is 18.2 Å². The van der Waals surface area contributed by atoms with Crippen LogP contribution < -0.4 is 5.32 Å². The third kappa shape index (κ3) is 4.70. The summed E-state index contributed by atoms with van der Waals surface area (Å²) in [5, 5.41) is 12.3. The van der Waals surface area contributed by atoms with E-state index in [4.69, 9.17) is 0 Å². The topological polar surface area (TPSA) is 59.8 Å². The lowest BCUT2D eigenvalue weighted by Crippen LogP contribution is -2.14. The fourth-order valence-electron chi connectivity index (χ4n) is 3.22. The quantitative estimate of drug-likeness (QED) is 0.187. The van der Waals surface area contributed by atoms with Crippen LogP contribution in [-0.2, 0) is 0 Å². The summed E-state index contributed by atoms with van der Waals surface area (Å²) in [5.41, 5.74) is 5.91. The van der Waals surface area contributed by atoms with Crippen molar-refractivity contribution in [2.24, 2.45) is 0 Å². The highest BCUT2D eigenvalue weighted by Crippen LogP contribution is 2.29. The Kier molecular flexibility index (Phi) is 6.50. The lowest BCUT2D eigenvalue weighted by atomic mass is 10.0. The van der Waals surface area contributed by atoms with Crippen LogP contribution >= 0.6 is 54.5 Å². The normalized spacial score (nSPS) is 11.3. The maximum atomic E-state index is 12.9. The predicted molar refractivity (Wildman–Crippen MR) is 140 cm³/mol. The molecule has 0 spiro atoms. The number of amides is 1. The summed E-state index contributed by atoms with van der Waals surface area (Å²) in [4.78, 5) is 14.6. The fraction of sp³-hybridized carbons (Fsp3) is 0.174. The standard InChI is InChI=1S/C23H19Br2IN4O/c1-12(2)14-4-6-16(7-5-14)30-28-20-8-13(3)19(11-21(20)29-30)27-23(31)17-9-15(24)10-18(25)22(17)26/h4-12H,1-3H3,(H,27,31). The van der Waals surface area contributed by atoms with E-state index in [0.717, 1.165) is 34.8 Å². The number of aryl methyl sites for hydroxylation is 1. The predicted octanol–water partition coefficient (Wildman–Crippen LogP) is 7.23. The SMILES string of the molecule is Cc1cc2nn(-c3ccc(C(C)C)cc3)nc2cc1NC(=O)c1cc(Br)cc(Br)c1I. The zero-order valence-corrected chi connectivity index (χ0v) is 22.4. The number of carbonyl (C=O) groups excluding carboxylic acids is 1. The van der Waals surface area contributed by atoms with Gasteiger partial charge in [-0.3, -0.25) is 4.79 Å². The van der Waals surface area contributed by atoms with E-state index in [2.05, 4.69) is 95.9 Å². The lowest BCUT2D eigenvalue weighted by molar-refractivity contribution is 0.102. The van der Waals surface area contributed by atoms with Crippen LogP contribution in [0.5, 0.6) is 0 Å². The van der Waals surface area contributed by atoms with Crippen molar-refractivity contribution in [3.63, 3.8) is 0 Å². The molecule has 0 atom stereocenters. The molecule has 0 fully saturated rings. The molecular formula is C23H19Br2IN4O. The molecule has 0 saturated heterocycles. The van der Waals surface area contributed by atoms with Crippen molar-refractivity contribution in [1.82, 2.24) is 15.0 Å². The molecule has 4 rings (SSSR count). The number of fused-ring (bicyclic) bond motifs is 1. The highest BCUT2D eigenvalue weighted by Gasteiger charge is 2.16. The Morgan fingerprint density at radius 2 is 1.68 bits per heavy atom. The van der Waals surface area contributed by atoms with Crippen LogP contribution in [0, 0.1) is 10.5 Å². The van der Waals surface area contributed by atoms with Gasteiger partial charge in [0.05, 0.1) is 11.3 Å². The number of hydrogen-bond donors (Lipinski definition) is 1. The number of nitrogens with zero attached hydrogens (tertiary/aromatic N) is 3. The van der Waals surface area contributed by atoms with Crippen molar-refractivity contribution in [1.29, 1.82) is 0 Å². The number of carbonyl (C=O) groups is 1. The van der Waals surface area contributed by atoms with E-state index in [-0.39, 0.29) is 5.91 Å². The minimum absolute atomic E-state index is 0.175. The Labute approximate surface area is 211 Å². The van der Waals surface area contributed by atoms with Crippen LogP contribution in [0.4, 0.5) is 5.69 Å². The van der Waals surface area contributed by atoms with Gasteiger partial charge in [0.25, 0.3) is 5.91 Å². The van der Waals surface area contributed by atoms with Gasteiger partial charge in [-0.05, 0) is 98.9 Å². The molecule has 5 nitrogen and oxygen atoms in total. The second-order valence-corrected chi connectivity index (χ2v) is 10.4. The molecule has 0 aliphatic heterocycles. The van der Waals surface area contributed by atoms with E-state index in [1.807, 2.05) is 43.3 Å². The third-order valence-electron chi connectivity index (χ3n) is 5.00. The van der Waals surface area contributed by atoms with Gasteiger partial charge in [-0.2, -0.15) is 4.80 Å². The number of halogens is 3. The second-order valence-electron chi connectivity index (χ2n) is 7.59. The van der Waals surface area contributed by atoms with Crippen molar-refractivity contribution in [2.75, 3.05) is 5.32 Å². The maximum absolute atomic E-state index is 12.9. The first-order chi connectivity index (χ1) is 14.7. The van der Waals surface area contributed by atoms with Crippen LogP contribution in [0.2, 0.25) is 0 Å². The summed E-state index contributed by atoms with van der Waals surface area (Å²) in [6.45, 7) is 6.29. The molecule has 0 aliphatic carbocycles. The van der Waals surface area contributed by atoms with Gasteiger partial charge in [-0.25, -0.2) is 0 Å². The maximum Gasteiger partial charge on any atom is 0.256 e. The molecule has 8 heteroatoms.